The van der Waals surface area contributed by atoms with Crippen LogP contribution in [0.25, 0.3) is 0 Å². The van der Waals surface area contributed by atoms with Crippen LogP contribution in [-0.2, 0) is 4.74 Å². The Labute approximate surface area is 157 Å². The molecule has 2 aliphatic heterocycles. The Balaban J connectivity index is 1.51. The lowest BCUT2D eigenvalue weighted by Gasteiger charge is -2.40. The van der Waals surface area contributed by atoms with Crippen LogP contribution in [0.3, 0.4) is 0 Å². The number of rotatable bonds is 4. The van der Waals surface area contributed by atoms with Crippen LogP contribution in [0.15, 0.2) is 23.7 Å². The van der Waals surface area contributed by atoms with Crippen LogP contribution in [0.5, 0.6) is 0 Å². The third-order valence-corrected chi connectivity index (χ3v) is 5.55. The van der Waals surface area contributed by atoms with Gasteiger partial charge in [0.25, 0.3) is 0 Å². The molecule has 2 aliphatic rings. The van der Waals surface area contributed by atoms with E-state index in [2.05, 4.69) is 56.6 Å². The van der Waals surface area contributed by atoms with Crippen molar-refractivity contribution < 1.29 is 4.74 Å². The molecule has 7 heteroatoms. The molecule has 2 fully saturated rings. The normalized spacial score (nSPS) is 27.5. The van der Waals surface area contributed by atoms with E-state index in [9.17, 15) is 0 Å². The molecular formula is C19H34N6O. The maximum Gasteiger partial charge on any atom is 0.193 e. The molecule has 3 heterocycles. The van der Waals surface area contributed by atoms with Gasteiger partial charge in [-0.3, -0.25) is 9.89 Å². The zero-order chi connectivity index (χ0) is 18.6. The van der Waals surface area contributed by atoms with E-state index in [-0.39, 0.29) is 5.60 Å². The van der Waals surface area contributed by atoms with Crippen molar-refractivity contribution >= 4 is 5.96 Å². The fourth-order valence-electron chi connectivity index (χ4n) is 4.06. The number of piperidine rings is 1. The lowest BCUT2D eigenvalue weighted by Crippen LogP contribution is -2.52. The predicted molar refractivity (Wildman–Crippen MR) is 104 cm³/mol. The second-order valence-electron chi connectivity index (χ2n) is 8.15. The van der Waals surface area contributed by atoms with E-state index in [1.807, 2.05) is 19.6 Å². The molecule has 0 aliphatic carbocycles. The molecule has 0 amide bonds. The van der Waals surface area contributed by atoms with Gasteiger partial charge in [0.2, 0.25) is 0 Å². The molecule has 0 bridgehead atoms. The molecule has 0 saturated carbocycles. The van der Waals surface area contributed by atoms with Crippen molar-refractivity contribution in [3.8, 4) is 0 Å². The van der Waals surface area contributed by atoms with Crippen molar-refractivity contribution in [2.45, 2.75) is 38.8 Å². The summed E-state index contributed by atoms with van der Waals surface area (Å²) in [6.45, 7) is 13.4. The van der Waals surface area contributed by atoms with Gasteiger partial charge >= 0.3 is 0 Å². The van der Waals surface area contributed by atoms with Crippen LogP contribution in [-0.4, -0.2) is 83.8 Å². The molecule has 2 saturated heterocycles. The Hall–Kier alpha value is -1.60. The number of hydrogen-bond acceptors (Lipinski definition) is 4. The van der Waals surface area contributed by atoms with E-state index < -0.39 is 0 Å². The average Bonchev–Trinajstić information content (AvgIpc) is 3.13. The molecule has 1 aromatic heterocycles. The lowest BCUT2D eigenvalue weighted by atomic mass is 9.93. The molecule has 146 valence electrons. The third kappa shape index (κ3) is 4.76. The standard InChI is InChI=1S/C19H34N6O/c1-16-5-8-24(13-17(16)25-10-6-21-15-25)18(20-4)22-7-9-23-11-12-26-19(2,3)14-23/h6,10,15-17H,5,7-9,11-14H2,1-4H3,(H,20,22). The zero-order valence-electron chi connectivity index (χ0n) is 16.7. The smallest absolute Gasteiger partial charge is 0.193 e. The predicted octanol–water partition coefficient (Wildman–Crippen LogP) is 1.45. The number of nitrogens with one attached hydrogen (secondary N) is 1. The first-order valence-electron chi connectivity index (χ1n) is 9.78. The molecule has 0 spiro atoms. The highest BCUT2D eigenvalue weighted by molar-refractivity contribution is 5.80. The summed E-state index contributed by atoms with van der Waals surface area (Å²) < 4.78 is 8.03. The summed E-state index contributed by atoms with van der Waals surface area (Å²) in [5, 5.41) is 3.56. The summed E-state index contributed by atoms with van der Waals surface area (Å²) in [6, 6.07) is 0.449. The summed E-state index contributed by atoms with van der Waals surface area (Å²) in [5.74, 6) is 1.66. The SMILES string of the molecule is CN=C(NCCN1CCOC(C)(C)C1)N1CCC(C)C(n2ccnc2)C1. The average molecular weight is 363 g/mol. The van der Waals surface area contributed by atoms with Crippen LogP contribution in [0.2, 0.25) is 0 Å². The zero-order valence-corrected chi connectivity index (χ0v) is 16.7. The highest BCUT2D eigenvalue weighted by atomic mass is 16.5. The molecule has 26 heavy (non-hydrogen) atoms. The largest absolute Gasteiger partial charge is 0.373 e. The number of nitrogens with zero attached hydrogens (tertiary/aromatic N) is 5. The first kappa shape index (κ1) is 19.2. The van der Waals surface area contributed by atoms with E-state index in [1.54, 1.807) is 0 Å². The monoisotopic (exact) mass is 362 g/mol. The summed E-state index contributed by atoms with van der Waals surface area (Å²) in [5.41, 5.74) is -0.0407. The molecular weight excluding hydrogens is 328 g/mol. The number of aromatic nitrogens is 2. The minimum Gasteiger partial charge on any atom is -0.373 e. The summed E-state index contributed by atoms with van der Waals surface area (Å²) in [4.78, 5) is 13.6. The second kappa shape index (κ2) is 8.39. The minimum absolute atomic E-state index is 0.0407. The Morgan fingerprint density at radius 1 is 1.38 bits per heavy atom. The van der Waals surface area contributed by atoms with Crippen LogP contribution < -0.4 is 5.32 Å². The van der Waals surface area contributed by atoms with Crippen molar-refractivity contribution in [2.24, 2.45) is 10.9 Å². The summed E-state index contributed by atoms with van der Waals surface area (Å²) in [7, 11) is 1.88. The van der Waals surface area contributed by atoms with Gasteiger partial charge in [-0.05, 0) is 26.2 Å². The Bertz CT molecular complexity index is 585. The number of morpholine rings is 1. The molecule has 2 unspecified atom stereocenters. The van der Waals surface area contributed by atoms with Crippen LogP contribution >= 0.6 is 0 Å². The van der Waals surface area contributed by atoms with E-state index in [0.29, 0.717) is 12.0 Å². The Morgan fingerprint density at radius 2 is 2.23 bits per heavy atom. The molecule has 7 nitrogen and oxygen atoms in total. The second-order valence-corrected chi connectivity index (χ2v) is 8.15. The van der Waals surface area contributed by atoms with Gasteiger partial charge in [-0.15, -0.1) is 0 Å². The fraction of sp³-hybridized carbons (Fsp3) is 0.789. The third-order valence-electron chi connectivity index (χ3n) is 5.55. The first-order valence-corrected chi connectivity index (χ1v) is 9.78. The lowest BCUT2D eigenvalue weighted by molar-refractivity contribution is -0.0852. The molecule has 0 radical (unpaired) electrons. The van der Waals surface area contributed by atoms with Gasteiger partial charge in [-0.25, -0.2) is 4.98 Å². The summed E-state index contributed by atoms with van der Waals surface area (Å²) in [6.07, 6.45) is 7.03. The van der Waals surface area contributed by atoms with Gasteiger partial charge in [-0.1, -0.05) is 6.92 Å². The maximum absolute atomic E-state index is 5.80. The maximum atomic E-state index is 5.80. The quantitative estimate of drug-likeness (QED) is 0.649. The van der Waals surface area contributed by atoms with Gasteiger partial charge in [0.05, 0.1) is 24.6 Å². The molecule has 0 aromatic carbocycles. The molecule has 1 aromatic rings. The van der Waals surface area contributed by atoms with Crippen molar-refractivity contribution in [1.29, 1.82) is 0 Å². The van der Waals surface area contributed by atoms with Crippen molar-refractivity contribution in [2.75, 3.05) is 52.9 Å². The van der Waals surface area contributed by atoms with E-state index in [1.165, 1.54) is 6.42 Å². The number of aliphatic imine (C=N–C) groups is 1. The van der Waals surface area contributed by atoms with Crippen LogP contribution in [0.1, 0.15) is 33.2 Å². The number of ether oxygens (including phenoxy) is 1. The molecule has 2 atom stereocenters. The topological polar surface area (TPSA) is 57.9 Å². The van der Waals surface area contributed by atoms with Crippen LogP contribution in [0, 0.1) is 5.92 Å². The van der Waals surface area contributed by atoms with Gasteiger partial charge in [0, 0.05) is 58.7 Å². The van der Waals surface area contributed by atoms with E-state index in [0.717, 1.165) is 51.8 Å². The Morgan fingerprint density at radius 3 is 2.92 bits per heavy atom. The van der Waals surface area contributed by atoms with Gasteiger partial charge in [0.1, 0.15) is 0 Å². The van der Waals surface area contributed by atoms with Gasteiger partial charge in [-0.2, -0.15) is 0 Å². The number of hydrogen-bond donors (Lipinski definition) is 1. The molecule has 1 N–H and O–H groups in total. The van der Waals surface area contributed by atoms with E-state index in [4.69, 9.17) is 4.74 Å². The number of likely N-dealkylation sites (tertiary alicyclic amines) is 1. The minimum atomic E-state index is -0.0407. The van der Waals surface area contributed by atoms with E-state index >= 15 is 0 Å². The summed E-state index contributed by atoms with van der Waals surface area (Å²) >= 11 is 0. The van der Waals surface area contributed by atoms with Crippen LogP contribution in [0.4, 0.5) is 0 Å². The number of guanidine groups is 1. The highest BCUT2D eigenvalue weighted by Gasteiger charge is 2.29. The first-order chi connectivity index (χ1) is 12.5. The van der Waals surface area contributed by atoms with Gasteiger partial charge < -0.3 is 19.5 Å². The Kier molecular flexibility index (Phi) is 6.19. The fourth-order valence-corrected chi connectivity index (χ4v) is 4.06. The number of imidazole rings is 1. The van der Waals surface area contributed by atoms with Crippen molar-refractivity contribution in [3.05, 3.63) is 18.7 Å². The van der Waals surface area contributed by atoms with Crippen molar-refractivity contribution in [1.82, 2.24) is 24.7 Å². The highest BCUT2D eigenvalue weighted by Crippen LogP contribution is 2.27. The molecule has 3 rings (SSSR count). The van der Waals surface area contributed by atoms with Gasteiger partial charge in [0.15, 0.2) is 5.96 Å². The van der Waals surface area contributed by atoms with Crippen molar-refractivity contribution in [3.63, 3.8) is 0 Å².